The molecule has 2 fully saturated rings. The summed E-state index contributed by atoms with van der Waals surface area (Å²) in [6.07, 6.45) is 5.62. The molecule has 13 heavy (non-hydrogen) atoms. The van der Waals surface area contributed by atoms with Crippen LogP contribution >= 0.6 is 0 Å². The van der Waals surface area contributed by atoms with Crippen LogP contribution in [0.1, 0.15) is 25.7 Å². The zero-order valence-electron chi connectivity index (χ0n) is 8.71. The number of piperidine rings is 1. The van der Waals surface area contributed by atoms with E-state index in [-0.39, 0.29) is 0 Å². The summed E-state index contributed by atoms with van der Waals surface area (Å²) in [5.41, 5.74) is 5.58. The molecule has 0 aromatic rings. The van der Waals surface area contributed by atoms with Crippen LogP contribution in [0.3, 0.4) is 0 Å². The molecular weight excluding hydrogens is 160 g/mol. The van der Waals surface area contributed by atoms with Gasteiger partial charge in [-0.3, -0.25) is 0 Å². The topological polar surface area (TPSA) is 29.3 Å². The first-order valence-corrected chi connectivity index (χ1v) is 5.70. The van der Waals surface area contributed by atoms with Crippen LogP contribution in [0.4, 0.5) is 0 Å². The number of nitrogens with zero attached hydrogens (tertiary/aromatic N) is 1. The fourth-order valence-corrected chi connectivity index (χ4v) is 2.85. The van der Waals surface area contributed by atoms with Gasteiger partial charge < -0.3 is 10.6 Å². The fourth-order valence-electron chi connectivity index (χ4n) is 2.85. The van der Waals surface area contributed by atoms with Gasteiger partial charge in [0.1, 0.15) is 0 Å². The second kappa shape index (κ2) is 3.97. The fraction of sp³-hybridized carbons (Fsp3) is 1.00. The third-order valence-corrected chi connectivity index (χ3v) is 3.88. The van der Waals surface area contributed by atoms with Gasteiger partial charge in [0.15, 0.2) is 0 Å². The van der Waals surface area contributed by atoms with Crippen LogP contribution in [-0.2, 0) is 0 Å². The van der Waals surface area contributed by atoms with E-state index in [1.54, 1.807) is 0 Å². The maximum Gasteiger partial charge on any atom is -0.00190 e. The number of rotatable bonds is 3. The molecule has 0 radical (unpaired) electrons. The zero-order chi connectivity index (χ0) is 9.26. The predicted molar refractivity (Wildman–Crippen MR) is 55.5 cm³/mol. The highest BCUT2D eigenvalue weighted by Crippen LogP contribution is 2.49. The van der Waals surface area contributed by atoms with Crippen LogP contribution in [0.2, 0.25) is 0 Å². The van der Waals surface area contributed by atoms with Crippen molar-refractivity contribution in [1.29, 1.82) is 0 Å². The van der Waals surface area contributed by atoms with Crippen LogP contribution in [-0.4, -0.2) is 31.6 Å². The lowest BCUT2D eigenvalue weighted by Crippen LogP contribution is -2.31. The molecule has 1 aliphatic heterocycles. The summed E-state index contributed by atoms with van der Waals surface area (Å²) in [5.74, 6) is 3.09. The minimum Gasteiger partial charge on any atom is -0.330 e. The Kier molecular flexibility index (Phi) is 2.89. The zero-order valence-corrected chi connectivity index (χ0v) is 8.71. The van der Waals surface area contributed by atoms with Gasteiger partial charge in [-0.15, -0.1) is 0 Å². The Morgan fingerprint density at radius 1 is 1.31 bits per heavy atom. The van der Waals surface area contributed by atoms with Crippen LogP contribution in [0.15, 0.2) is 0 Å². The van der Waals surface area contributed by atoms with Gasteiger partial charge >= 0.3 is 0 Å². The first-order chi connectivity index (χ1) is 6.31. The Labute approximate surface area is 81.5 Å². The van der Waals surface area contributed by atoms with Crippen LogP contribution in [0.5, 0.6) is 0 Å². The van der Waals surface area contributed by atoms with E-state index in [1.165, 1.54) is 38.8 Å². The molecule has 2 N–H and O–H groups in total. The average Bonchev–Trinajstić information content (AvgIpc) is 2.86. The Balaban J connectivity index is 1.71. The van der Waals surface area contributed by atoms with Gasteiger partial charge in [0.25, 0.3) is 0 Å². The first kappa shape index (κ1) is 9.47. The standard InChI is InChI=1S/C11H22N2/c1-13-6-3-9(4-7-13)11-8-10(11)2-5-12/h9-11H,2-8,12H2,1H3. The first-order valence-electron chi connectivity index (χ1n) is 5.70. The summed E-state index contributed by atoms with van der Waals surface area (Å²) in [6, 6.07) is 0. The quantitative estimate of drug-likeness (QED) is 0.713. The van der Waals surface area contributed by atoms with E-state index < -0.39 is 0 Å². The van der Waals surface area contributed by atoms with Crippen molar-refractivity contribution in [2.75, 3.05) is 26.7 Å². The summed E-state index contributed by atoms with van der Waals surface area (Å²) in [5, 5.41) is 0. The molecule has 1 aliphatic carbocycles. The van der Waals surface area contributed by atoms with Gasteiger partial charge in [-0.2, -0.15) is 0 Å². The van der Waals surface area contributed by atoms with Gasteiger partial charge in [0.05, 0.1) is 0 Å². The molecule has 0 amide bonds. The molecule has 0 aromatic carbocycles. The normalized spacial score (nSPS) is 36.5. The van der Waals surface area contributed by atoms with Gasteiger partial charge in [-0.25, -0.2) is 0 Å². The number of hydrogen-bond donors (Lipinski definition) is 1. The summed E-state index contributed by atoms with van der Waals surface area (Å²) in [6.45, 7) is 3.53. The highest BCUT2D eigenvalue weighted by Gasteiger charge is 2.42. The van der Waals surface area contributed by atoms with E-state index in [0.717, 1.165) is 24.3 Å². The Morgan fingerprint density at radius 3 is 2.62 bits per heavy atom. The van der Waals surface area contributed by atoms with E-state index in [9.17, 15) is 0 Å². The second-order valence-electron chi connectivity index (χ2n) is 4.88. The molecule has 2 unspecified atom stereocenters. The van der Waals surface area contributed by atoms with Crippen molar-refractivity contribution in [1.82, 2.24) is 4.90 Å². The van der Waals surface area contributed by atoms with Crippen LogP contribution < -0.4 is 5.73 Å². The van der Waals surface area contributed by atoms with Gasteiger partial charge in [-0.1, -0.05) is 0 Å². The highest BCUT2D eigenvalue weighted by atomic mass is 15.1. The average molecular weight is 182 g/mol. The van der Waals surface area contributed by atoms with Crippen LogP contribution in [0.25, 0.3) is 0 Å². The summed E-state index contributed by atoms with van der Waals surface area (Å²) in [7, 11) is 2.24. The third kappa shape index (κ3) is 2.23. The Hall–Kier alpha value is -0.0800. The third-order valence-electron chi connectivity index (χ3n) is 3.88. The number of nitrogens with two attached hydrogens (primary N) is 1. The lowest BCUT2D eigenvalue weighted by molar-refractivity contribution is 0.199. The van der Waals surface area contributed by atoms with Gasteiger partial charge in [-0.05, 0) is 70.1 Å². The Morgan fingerprint density at radius 2 is 2.00 bits per heavy atom. The molecule has 0 aromatic heterocycles. The molecule has 1 saturated carbocycles. The van der Waals surface area contributed by atoms with Crippen molar-refractivity contribution in [3.8, 4) is 0 Å². The van der Waals surface area contributed by atoms with E-state index in [1.807, 2.05) is 0 Å². The maximum atomic E-state index is 5.58. The van der Waals surface area contributed by atoms with E-state index in [0.29, 0.717) is 0 Å². The van der Waals surface area contributed by atoms with Crippen LogP contribution in [0, 0.1) is 17.8 Å². The van der Waals surface area contributed by atoms with Crippen molar-refractivity contribution in [3.05, 3.63) is 0 Å². The SMILES string of the molecule is CN1CCC(C2CC2CCN)CC1. The molecule has 2 nitrogen and oxygen atoms in total. The smallest absolute Gasteiger partial charge is 0.00190 e. The molecule has 2 aliphatic rings. The monoisotopic (exact) mass is 182 g/mol. The predicted octanol–water partition coefficient (Wildman–Crippen LogP) is 1.31. The van der Waals surface area contributed by atoms with Crippen molar-refractivity contribution >= 4 is 0 Å². The minimum absolute atomic E-state index is 0.897. The molecule has 1 saturated heterocycles. The van der Waals surface area contributed by atoms with Crippen molar-refractivity contribution in [2.24, 2.45) is 23.5 Å². The molecule has 0 bridgehead atoms. The number of likely N-dealkylation sites (tertiary alicyclic amines) is 1. The maximum absolute atomic E-state index is 5.58. The lowest BCUT2D eigenvalue weighted by atomic mass is 9.91. The molecule has 0 spiro atoms. The van der Waals surface area contributed by atoms with E-state index in [4.69, 9.17) is 5.73 Å². The summed E-state index contributed by atoms with van der Waals surface area (Å²) >= 11 is 0. The molecule has 1 heterocycles. The molecule has 2 atom stereocenters. The second-order valence-corrected chi connectivity index (χ2v) is 4.88. The van der Waals surface area contributed by atoms with Gasteiger partial charge in [0.2, 0.25) is 0 Å². The van der Waals surface area contributed by atoms with Crippen molar-refractivity contribution < 1.29 is 0 Å². The van der Waals surface area contributed by atoms with E-state index in [2.05, 4.69) is 11.9 Å². The van der Waals surface area contributed by atoms with Crippen molar-refractivity contribution in [2.45, 2.75) is 25.7 Å². The largest absolute Gasteiger partial charge is 0.330 e. The minimum atomic E-state index is 0.897. The Bertz CT molecular complexity index is 161. The molecule has 76 valence electrons. The highest BCUT2D eigenvalue weighted by molar-refractivity contribution is 4.92. The summed E-state index contributed by atoms with van der Waals surface area (Å²) in [4.78, 5) is 2.46. The van der Waals surface area contributed by atoms with Gasteiger partial charge in [0, 0.05) is 0 Å². The molecule has 2 rings (SSSR count). The number of hydrogen-bond acceptors (Lipinski definition) is 2. The van der Waals surface area contributed by atoms with E-state index >= 15 is 0 Å². The summed E-state index contributed by atoms with van der Waals surface area (Å²) < 4.78 is 0. The molecule has 2 heteroatoms. The lowest BCUT2D eigenvalue weighted by Gasteiger charge is -2.29. The van der Waals surface area contributed by atoms with Crippen molar-refractivity contribution in [3.63, 3.8) is 0 Å². The molecular formula is C11H22N2.